The van der Waals surface area contributed by atoms with Gasteiger partial charge in [0, 0.05) is 16.9 Å². The SMILES string of the molecule is [B]C1([B])N(C(=O)CCOCCOc2cn[nH]c(=O)c2C(F)(F)F)C2(O)[B]C2([B])N(c2ccc(C#N)cn2)C1([B])O. The number of fused-ring (bicyclic) bond motifs is 1. The molecule has 2 aliphatic rings. The van der Waals surface area contributed by atoms with Gasteiger partial charge in [0.05, 0.1) is 60.6 Å². The number of nitriles is 1. The van der Waals surface area contributed by atoms with Crippen molar-refractivity contribution in [3.05, 3.63) is 46.0 Å². The van der Waals surface area contributed by atoms with Crippen molar-refractivity contribution in [2.75, 3.05) is 24.7 Å². The number of piperazine rings is 1. The van der Waals surface area contributed by atoms with Crippen LogP contribution in [0, 0.1) is 11.3 Å². The molecule has 0 aliphatic carbocycles. The predicted molar refractivity (Wildman–Crippen MR) is 133 cm³/mol. The fourth-order valence-corrected chi connectivity index (χ4v) is 4.34. The molecular weight excluding hydrogens is 531 g/mol. The maximum absolute atomic E-state index is 13.1. The van der Waals surface area contributed by atoms with Crippen LogP contribution >= 0.6 is 0 Å². The number of carbonyl (C=O) groups excluding carboxylic acids is 1. The van der Waals surface area contributed by atoms with Crippen LogP contribution in [0.4, 0.5) is 19.0 Å². The highest BCUT2D eigenvalue weighted by Gasteiger charge is 2.80. The van der Waals surface area contributed by atoms with Gasteiger partial charge in [-0.05, 0) is 12.1 Å². The maximum atomic E-state index is 13.1. The Morgan fingerprint density at radius 1 is 1.18 bits per heavy atom. The monoisotopic (exact) mass is 547 g/mol. The molecule has 2 aliphatic heterocycles. The number of H-pyrrole nitrogens is 1. The summed E-state index contributed by atoms with van der Waals surface area (Å²) in [6, 6.07) is 4.48. The lowest BCUT2D eigenvalue weighted by molar-refractivity contribution is -0.162. The molecule has 0 bridgehead atoms. The Morgan fingerprint density at radius 2 is 1.88 bits per heavy atom. The number of nitrogens with one attached hydrogen (secondary N) is 1. The third-order valence-corrected chi connectivity index (χ3v) is 6.34. The van der Waals surface area contributed by atoms with Gasteiger partial charge >= 0.3 is 6.18 Å². The van der Waals surface area contributed by atoms with Gasteiger partial charge in [0.2, 0.25) is 13.2 Å². The van der Waals surface area contributed by atoms with Crippen LogP contribution in [0.2, 0.25) is 0 Å². The first-order chi connectivity index (χ1) is 18.5. The molecule has 4 heterocycles. The standard InChI is InChI=1S/C20H15B5F3N6O6/c21-17(22)19(24,37)33(12-2-1-10(7-29)8-30-12)18(23)20(38,25-18)34(17)13(35)3-4-39-5-6-40-11-9-31-32-15(36)14(11)16(26,27)28/h1-2,8-9,37-38H,3-6H2,(H,32,36). The molecule has 2 saturated heterocycles. The van der Waals surface area contributed by atoms with Crippen LogP contribution in [0.5, 0.6) is 5.75 Å². The van der Waals surface area contributed by atoms with Crippen LogP contribution in [0.3, 0.4) is 0 Å². The van der Waals surface area contributed by atoms with Gasteiger partial charge in [-0.3, -0.25) is 9.59 Å². The van der Waals surface area contributed by atoms with Crippen molar-refractivity contribution in [1.82, 2.24) is 20.1 Å². The highest BCUT2D eigenvalue weighted by molar-refractivity contribution is 6.74. The Morgan fingerprint density at radius 3 is 2.48 bits per heavy atom. The normalized spacial score (nSPS) is 26.8. The molecule has 2 aromatic rings. The molecule has 197 valence electrons. The first kappa shape index (κ1) is 29.6. The Labute approximate surface area is 230 Å². The molecule has 20 heteroatoms. The van der Waals surface area contributed by atoms with E-state index >= 15 is 0 Å². The van der Waals surface area contributed by atoms with Crippen molar-refractivity contribution >= 4 is 50.4 Å². The van der Waals surface area contributed by atoms with Crippen molar-refractivity contribution in [2.24, 2.45) is 0 Å². The van der Waals surface area contributed by atoms with Crippen LogP contribution < -0.4 is 15.2 Å². The van der Waals surface area contributed by atoms with Crippen molar-refractivity contribution in [1.29, 1.82) is 5.26 Å². The molecule has 2 aromatic heterocycles. The minimum Gasteiger partial charge on any atom is -0.489 e. The molecule has 2 fully saturated rings. The number of hydrogen-bond donors (Lipinski definition) is 3. The third kappa shape index (κ3) is 4.65. The zero-order chi connectivity index (χ0) is 29.7. The summed E-state index contributed by atoms with van der Waals surface area (Å²) in [5.41, 5.74) is -8.00. The van der Waals surface area contributed by atoms with Crippen molar-refractivity contribution in [3.8, 4) is 11.8 Å². The number of aromatic amines is 1. The van der Waals surface area contributed by atoms with Gasteiger partial charge in [0.1, 0.15) is 32.0 Å². The average Bonchev–Trinajstić information content (AvgIpc) is 3.41. The van der Waals surface area contributed by atoms with Crippen LogP contribution in [0.15, 0.2) is 29.3 Å². The summed E-state index contributed by atoms with van der Waals surface area (Å²) in [5, 5.41) is 31.6. The molecule has 3 unspecified atom stereocenters. The lowest BCUT2D eigenvalue weighted by Gasteiger charge is -2.64. The number of hydrogen-bond acceptors (Lipinski definition) is 10. The summed E-state index contributed by atoms with van der Waals surface area (Å²) in [5.74, 6) is -1.88. The Hall–Kier alpha value is -3.42. The molecule has 1 amide bonds. The number of ether oxygens (including phenoxy) is 2. The Balaban J connectivity index is 1.40. The van der Waals surface area contributed by atoms with E-state index in [2.05, 4.69) is 10.1 Å². The average molecular weight is 546 g/mol. The topological polar surface area (TPSA) is 165 Å². The molecule has 9 radical (unpaired) electrons. The summed E-state index contributed by atoms with van der Waals surface area (Å²) in [6.45, 7) is -1.11. The number of anilines is 1. The molecule has 3 atom stereocenters. The zero-order valence-corrected chi connectivity index (χ0v) is 20.4. The minimum atomic E-state index is -4.99. The highest BCUT2D eigenvalue weighted by atomic mass is 19.4. The van der Waals surface area contributed by atoms with E-state index in [9.17, 15) is 33.0 Å². The summed E-state index contributed by atoms with van der Waals surface area (Å²) in [7, 11) is 25.5. The van der Waals surface area contributed by atoms with E-state index in [0.29, 0.717) is 11.1 Å². The number of carbonyl (C=O) groups is 1. The first-order valence-corrected chi connectivity index (χ1v) is 11.3. The van der Waals surface area contributed by atoms with Crippen LogP contribution in [0.25, 0.3) is 0 Å². The number of aliphatic hydroxyl groups is 2. The molecular formula is C20H15B5F3N6O6. The summed E-state index contributed by atoms with van der Waals surface area (Å²) in [6.07, 6.45) is -3.64. The number of amides is 1. The van der Waals surface area contributed by atoms with Gasteiger partial charge in [0.15, 0.2) is 11.3 Å². The van der Waals surface area contributed by atoms with Crippen LogP contribution in [0.1, 0.15) is 17.5 Å². The van der Waals surface area contributed by atoms with E-state index in [-0.39, 0.29) is 24.6 Å². The number of alkyl halides is 3. The lowest BCUT2D eigenvalue weighted by atomic mass is 9.46. The molecule has 3 N–H and O–H groups in total. The number of halogens is 3. The number of rotatable bonds is 8. The van der Waals surface area contributed by atoms with Gasteiger partial charge in [0.25, 0.3) is 5.56 Å². The van der Waals surface area contributed by atoms with E-state index < -0.39 is 63.9 Å². The second-order valence-corrected chi connectivity index (χ2v) is 8.98. The maximum Gasteiger partial charge on any atom is 0.425 e. The first-order valence-electron chi connectivity index (χ1n) is 11.3. The lowest BCUT2D eigenvalue weighted by Crippen LogP contribution is -2.84. The molecule has 0 saturated carbocycles. The molecule has 4 rings (SSSR count). The van der Waals surface area contributed by atoms with Gasteiger partial charge in [-0.25, -0.2) is 10.1 Å². The number of pyridine rings is 1. The second-order valence-electron chi connectivity index (χ2n) is 8.98. The third-order valence-electron chi connectivity index (χ3n) is 6.34. The largest absolute Gasteiger partial charge is 0.489 e. The zero-order valence-electron chi connectivity index (χ0n) is 20.4. The summed E-state index contributed by atoms with van der Waals surface area (Å²) < 4.78 is 49.4. The van der Waals surface area contributed by atoms with Gasteiger partial charge < -0.3 is 29.5 Å². The van der Waals surface area contributed by atoms with E-state index in [1.54, 1.807) is 5.10 Å². The summed E-state index contributed by atoms with van der Waals surface area (Å²) >= 11 is 0. The number of aromatic nitrogens is 3. The fourth-order valence-electron chi connectivity index (χ4n) is 4.34. The molecule has 0 aromatic carbocycles. The molecule has 12 nitrogen and oxygen atoms in total. The minimum absolute atomic E-state index is 0.112. The van der Waals surface area contributed by atoms with E-state index in [0.717, 1.165) is 18.4 Å². The Bertz CT molecular complexity index is 1410. The second kappa shape index (κ2) is 9.90. The van der Waals surface area contributed by atoms with Crippen molar-refractivity contribution < 1.29 is 37.7 Å². The highest BCUT2D eigenvalue weighted by Crippen LogP contribution is 2.55. The smallest absolute Gasteiger partial charge is 0.425 e. The number of nitrogens with zero attached hydrogens (tertiary/aromatic N) is 5. The molecule has 40 heavy (non-hydrogen) atoms. The predicted octanol–water partition coefficient (Wildman–Crippen LogP) is -2.82. The van der Waals surface area contributed by atoms with Gasteiger partial charge in [-0.1, -0.05) is 0 Å². The summed E-state index contributed by atoms with van der Waals surface area (Å²) in [4.78, 5) is 29.8. The van der Waals surface area contributed by atoms with Crippen molar-refractivity contribution in [3.63, 3.8) is 0 Å². The quantitative estimate of drug-likeness (QED) is 0.232. The van der Waals surface area contributed by atoms with E-state index in [1.807, 2.05) is 6.07 Å². The van der Waals surface area contributed by atoms with Gasteiger partial charge in [-0.15, -0.1) is 0 Å². The Kier molecular flexibility index (Phi) is 7.31. The van der Waals surface area contributed by atoms with Gasteiger partial charge in [-0.2, -0.15) is 23.5 Å². The van der Waals surface area contributed by atoms with E-state index in [4.69, 9.17) is 46.1 Å². The fraction of sp³-hybridized carbons (Fsp3) is 0.450. The van der Waals surface area contributed by atoms with Crippen LogP contribution in [-0.2, 0) is 15.7 Å². The molecule has 0 spiro atoms. The van der Waals surface area contributed by atoms with E-state index in [1.165, 1.54) is 12.1 Å². The van der Waals surface area contributed by atoms with Crippen LogP contribution in [-0.4, -0.2) is 117 Å². The van der Waals surface area contributed by atoms with Crippen molar-refractivity contribution in [2.45, 2.75) is 34.5 Å².